The van der Waals surface area contributed by atoms with Crippen LogP contribution < -0.4 is 10.1 Å². The summed E-state index contributed by atoms with van der Waals surface area (Å²) < 4.78 is 7.33. The van der Waals surface area contributed by atoms with Crippen molar-refractivity contribution in [2.45, 2.75) is 20.3 Å². The number of hydrogen-bond acceptors (Lipinski definition) is 4. The molecule has 3 rings (SSSR count). The van der Waals surface area contributed by atoms with Crippen molar-refractivity contribution in [2.75, 3.05) is 11.9 Å². The number of carbonyl (C=O) groups is 1. The SMILES string of the molecule is Cc1ccc(OCCC(=O)Nc2ccccc2-n2cncn2)c(C)c1. The summed E-state index contributed by atoms with van der Waals surface area (Å²) in [5.41, 5.74) is 3.71. The maximum Gasteiger partial charge on any atom is 0.227 e. The summed E-state index contributed by atoms with van der Waals surface area (Å²) in [5.74, 6) is 0.693. The maximum absolute atomic E-state index is 12.2. The van der Waals surface area contributed by atoms with E-state index >= 15 is 0 Å². The van der Waals surface area contributed by atoms with Crippen LogP contribution in [0.15, 0.2) is 55.1 Å². The average Bonchev–Trinajstić information content (AvgIpc) is 3.12. The number of nitrogens with one attached hydrogen (secondary N) is 1. The second-order valence-corrected chi connectivity index (χ2v) is 5.77. The number of nitrogens with zero attached hydrogens (tertiary/aromatic N) is 3. The van der Waals surface area contributed by atoms with Gasteiger partial charge in [0.2, 0.25) is 5.91 Å². The van der Waals surface area contributed by atoms with E-state index in [-0.39, 0.29) is 12.3 Å². The quantitative estimate of drug-likeness (QED) is 0.750. The molecule has 3 aromatic rings. The highest BCUT2D eigenvalue weighted by atomic mass is 16.5. The second-order valence-electron chi connectivity index (χ2n) is 5.77. The highest BCUT2D eigenvalue weighted by molar-refractivity contribution is 5.92. The first-order chi connectivity index (χ1) is 12.1. The van der Waals surface area contributed by atoms with Gasteiger partial charge in [0.15, 0.2) is 0 Å². The lowest BCUT2D eigenvalue weighted by Crippen LogP contribution is -2.16. The maximum atomic E-state index is 12.2. The van der Waals surface area contributed by atoms with E-state index in [4.69, 9.17) is 4.74 Å². The number of amides is 1. The third kappa shape index (κ3) is 4.23. The summed E-state index contributed by atoms with van der Waals surface area (Å²) >= 11 is 0. The van der Waals surface area contributed by atoms with E-state index in [1.807, 2.05) is 50.2 Å². The van der Waals surface area contributed by atoms with Crippen LogP contribution in [0, 0.1) is 13.8 Å². The van der Waals surface area contributed by atoms with E-state index in [0.717, 1.165) is 17.0 Å². The van der Waals surface area contributed by atoms with Crippen LogP contribution in [0.4, 0.5) is 5.69 Å². The molecule has 2 aromatic carbocycles. The lowest BCUT2D eigenvalue weighted by atomic mass is 10.1. The Morgan fingerprint density at radius 1 is 1.20 bits per heavy atom. The number of carbonyl (C=O) groups excluding carboxylic acids is 1. The minimum atomic E-state index is -0.114. The van der Waals surface area contributed by atoms with Gasteiger partial charge in [0, 0.05) is 0 Å². The van der Waals surface area contributed by atoms with Gasteiger partial charge in [-0.1, -0.05) is 29.8 Å². The molecule has 0 aliphatic heterocycles. The number of para-hydroxylation sites is 2. The van der Waals surface area contributed by atoms with Crippen molar-refractivity contribution < 1.29 is 9.53 Å². The van der Waals surface area contributed by atoms with Gasteiger partial charge in [-0.25, -0.2) is 9.67 Å². The van der Waals surface area contributed by atoms with Gasteiger partial charge in [-0.05, 0) is 37.6 Å². The van der Waals surface area contributed by atoms with Crippen molar-refractivity contribution in [3.63, 3.8) is 0 Å². The summed E-state index contributed by atoms with van der Waals surface area (Å²) in [4.78, 5) is 16.2. The van der Waals surface area contributed by atoms with Gasteiger partial charge < -0.3 is 10.1 Å². The minimum absolute atomic E-state index is 0.114. The fourth-order valence-electron chi connectivity index (χ4n) is 2.54. The molecule has 0 saturated heterocycles. The van der Waals surface area contributed by atoms with Crippen LogP contribution in [-0.4, -0.2) is 27.3 Å². The lowest BCUT2D eigenvalue weighted by molar-refractivity contribution is -0.116. The molecular formula is C19H20N4O2. The van der Waals surface area contributed by atoms with Crippen LogP contribution >= 0.6 is 0 Å². The van der Waals surface area contributed by atoms with Gasteiger partial charge in [0.1, 0.15) is 18.4 Å². The normalized spacial score (nSPS) is 10.5. The third-order valence-electron chi connectivity index (χ3n) is 3.76. The van der Waals surface area contributed by atoms with Crippen molar-refractivity contribution >= 4 is 11.6 Å². The standard InChI is InChI=1S/C19H20N4O2/c1-14-7-8-18(15(2)11-14)25-10-9-19(24)22-16-5-3-4-6-17(16)23-13-20-12-21-23/h3-8,11-13H,9-10H2,1-2H3,(H,22,24). The van der Waals surface area contributed by atoms with Crippen LogP contribution in [0.3, 0.4) is 0 Å². The molecular weight excluding hydrogens is 316 g/mol. The predicted molar refractivity (Wildman–Crippen MR) is 96.0 cm³/mol. The van der Waals surface area contributed by atoms with E-state index in [0.29, 0.717) is 12.3 Å². The molecule has 0 atom stereocenters. The number of aryl methyl sites for hydroxylation is 2. The Kier molecular flexibility index (Phi) is 5.09. The molecule has 6 nitrogen and oxygen atoms in total. The Labute approximate surface area is 146 Å². The molecule has 0 radical (unpaired) electrons. The zero-order valence-electron chi connectivity index (χ0n) is 14.3. The van der Waals surface area contributed by atoms with Gasteiger partial charge in [-0.15, -0.1) is 0 Å². The molecule has 25 heavy (non-hydrogen) atoms. The van der Waals surface area contributed by atoms with E-state index < -0.39 is 0 Å². The zero-order chi connectivity index (χ0) is 17.6. The smallest absolute Gasteiger partial charge is 0.227 e. The second kappa shape index (κ2) is 7.61. The van der Waals surface area contributed by atoms with Crippen molar-refractivity contribution in [3.8, 4) is 11.4 Å². The molecule has 128 valence electrons. The molecule has 0 spiro atoms. The largest absolute Gasteiger partial charge is 0.493 e. The van der Waals surface area contributed by atoms with E-state index in [1.54, 1.807) is 11.0 Å². The summed E-state index contributed by atoms with van der Waals surface area (Å²) in [5, 5.41) is 7.00. The first-order valence-electron chi connectivity index (χ1n) is 8.07. The number of rotatable bonds is 6. The van der Waals surface area contributed by atoms with Crippen LogP contribution in [0.2, 0.25) is 0 Å². The third-order valence-corrected chi connectivity index (χ3v) is 3.76. The lowest BCUT2D eigenvalue weighted by Gasteiger charge is -2.12. The fraction of sp³-hybridized carbons (Fsp3) is 0.211. The Morgan fingerprint density at radius 2 is 2.04 bits per heavy atom. The van der Waals surface area contributed by atoms with Crippen LogP contribution in [0.1, 0.15) is 17.5 Å². The van der Waals surface area contributed by atoms with Crippen LogP contribution in [-0.2, 0) is 4.79 Å². The van der Waals surface area contributed by atoms with Gasteiger partial charge in [0.25, 0.3) is 0 Å². The van der Waals surface area contributed by atoms with Gasteiger partial charge >= 0.3 is 0 Å². The molecule has 0 aliphatic carbocycles. The fourth-order valence-corrected chi connectivity index (χ4v) is 2.54. The summed E-state index contributed by atoms with van der Waals surface area (Å²) in [6.45, 7) is 4.36. The van der Waals surface area contributed by atoms with Crippen molar-refractivity contribution in [1.29, 1.82) is 0 Å². The summed E-state index contributed by atoms with van der Waals surface area (Å²) in [7, 11) is 0. The molecule has 0 bridgehead atoms. The predicted octanol–water partition coefficient (Wildman–Crippen LogP) is 3.29. The van der Waals surface area contributed by atoms with Crippen LogP contribution in [0.25, 0.3) is 5.69 Å². The number of anilines is 1. The Morgan fingerprint density at radius 3 is 2.80 bits per heavy atom. The Hall–Kier alpha value is -3.15. The first kappa shape index (κ1) is 16.7. The van der Waals surface area contributed by atoms with Gasteiger partial charge in [-0.2, -0.15) is 5.10 Å². The molecule has 0 saturated carbocycles. The van der Waals surface area contributed by atoms with E-state index in [1.165, 1.54) is 11.9 Å². The van der Waals surface area contributed by atoms with Crippen molar-refractivity contribution in [3.05, 3.63) is 66.2 Å². The number of aromatic nitrogens is 3. The number of hydrogen-bond donors (Lipinski definition) is 1. The van der Waals surface area contributed by atoms with Crippen LogP contribution in [0.5, 0.6) is 5.75 Å². The zero-order valence-corrected chi connectivity index (χ0v) is 14.3. The topological polar surface area (TPSA) is 69.0 Å². The molecule has 1 amide bonds. The van der Waals surface area contributed by atoms with E-state index in [2.05, 4.69) is 21.5 Å². The highest BCUT2D eigenvalue weighted by Crippen LogP contribution is 2.20. The first-order valence-corrected chi connectivity index (χ1v) is 8.07. The molecule has 0 fully saturated rings. The molecule has 6 heteroatoms. The Bertz CT molecular complexity index is 860. The van der Waals surface area contributed by atoms with Crippen molar-refractivity contribution in [2.24, 2.45) is 0 Å². The van der Waals surface area contributed by atoms with E-state index in [9.17, 15) is 4.79 Å². The van der Waals surface area contributed by atoms with Gasteiger partial charge in [0.05, 0.1) is 24.4 Å². The molecule has 1 aromatic heterocycles. The summed E-state index contributed by atoms with van der Waals surface area (Å²) in [6, 6.07) is 13.4. The van der Waals surface area contributed by atoms with Crippen molar-refractivity contribution in [1.82, 2.24) is 14.8 Å². The minimum Gasteiger partial charge on any atom is -0.493 e. The number of benzene rings is 2. The molecule has 1 N–H and O–H groups in total. The van der Waals surface area contributed by atoms with Gasteiger partial charge in [-0.3, -0.25) is 4.79 Å². The molecule has 0 unspecified atom stereocenters. The monoisotopic (exact) mass is 336 g/mol. The highest BCUT2D eigenvalue weighted by Gasteiger charge is 2.09. The molecule has 1 heterocycles. The molecule has 0 aliphatic rings. The average molecular weight is 336 g/mol. The Balaban J connectivity index is 1.58. The summed E-state index contributed by atoms with van der Waals surface area (Å²) in [6.07, 6.45) is 3.31. The number of ether oxygens (including phenoxy) is 1.